The van der Waals surface area contributed by atoms with E-state index in [1.54, 1.807) is 0 Å². The van der Waals surface area contributed by atoms with Crippen molar-refractivity contribution in [3.8, 4) is 0 Å². The zero-order chi connectivity index (χ0) is 19.5. The highest BCUT2D eigenvalue weighted by Crippen LogP contribution is 2.55. The second-order valence-electron chi connectivity index (χ2n) is 7.39. The van der Waals surface area contributed by atoms with Crippen LogP contribution in [0, 0.1) is 6.92 Å². The maximum absolute atomic E-state index is 9.26. The van der Waals surface area contributed by atoms with Crippen molar-refractivity contribution in [3.05, 3.63) is 107 Å². The average Bonchev–Trinajstić information content (AvgIpc) is 3.14. The lowest BCUT2D eigenvalue weighted by molar-refractivity contribution is 0.713. The Morgan fingerprint density at radius 1 is 0.741 bits per heavy atom. The number of allylic oxidation sites excluding steroid dienone is 2. The van der Waals surface area contributed by atoms with Crippen LogP contribution in [0.1, 0.15) is 44.0 Å². The third-order valence-electron chi connectivity index (χ3n) is 5.83. The summed E-state index contributed by atoms with van der Waals surface area (Å²) in [7, 11) is 0. The summed E-state index contributed by atoms with van der Waals surface area (Å²) >= 11 is 0. The van der Waals surface area contributed by atoms with E-state index in [1.165, 1.54) is 16.8 Å². The first-order valence-electron chi connectivity index (χ1n) is 10.0. The van der Waals surface area contributed by atoms with E-state index in [4.69, 9.17) is 0 Å². The van der Waals surface area contributed by atoms with E-state index in [1.807, 2.05) is 13.0 Å². The van der Waals surface area contributed by atoms with Gasteiger partial charge in [0, 0.05) is 30.0 Å². The van der Waals surface area contributed by atoms with Gasteiger partial charge in [-0.3, -0.25) is 0 Å². The molecule has 2 aliphatic rings. The van der Waals surface area contributed by atoms with Crippen molar-refractivity contribution < 1.29 is 1.37 Å². The van der Waals surface area contributed by atoms with Gasteiger partial charge in [-0.1, -0.05) is 73.7 Å². The average molecular weight is 353 g/mol. The summed E-state index contributed by atoms with van der Waals surface area (Å²) in [6.07, 6.45) is 0.00521. The van der Waals surface area contributed by atoms with Crippen molar-refractivity contribution in [1.82, 2.24) is 0 Å². The lowest BCUT2D eigenvalue weighted by atomic mass is 9.99. The van der Waals surface area contributed by atoms with Crippen molar-refractivity contribution in [2.75, 3.05) is 9.80 Å². The highest BCUT2D eigenvalue weighted by atomic mass is 15.4. The first kappa shape index (κ1) is 15.1. The van der Waals surface area contributed by atoms with Crippen molar-refractivity contribution >= 4 is 11.4 Å². The molecule has 2 unspecified atom stereocenters. The molecule has 2 nitrogen and oxygen atoms in total. The molecule has 3 aromatic rings. The van der Waals surface area contributed by atoms with E-state index in [9.17, 15) is 1.37 Å². The topological polar surface area (TPSA) is 6.48 Å². The molecule has 2 heteroatoms. The van der Waals surface area contributed by atoms with Gasteiger partial charge >= 0.3 is 0 Å². The van der Waals surface area contributed by atoms with E-state index in [-0.39, 0.29) is 6.17 Å². The Balaban J connectivity index is 1.80. The monoisotopic (exact) mass is 353 g/mol. The number of aryl methyl sites for hydroxylation is 1. The molecule has 0 saturated carbocycles. The van der Waals surface area contributed by atoms with Gasteiger partial charge in [0.2, 0.25) is 0 Å². The highest BCUT2D eigenvalue weighted by Gasteiger charge is 2.46. The lowest BCUT2D eigenvalue weighted by Crippen LogP contribution is -2.32. The van der Waals surface area contributed by atoms with Gasteiger partial charge in [0.1, 0.15) is 6.17 Å². The van der Waals surface area contributed by atoms with E-state index >= 15 is 0 Å². The molecule has 2 aliphatic heterocycles. The Hall–Kier alpha value is -3.00. The fourth-order valence-electron chi connectivity index (χ4n) is 4.61. The SMILES string of the molecule is [2H]C1(C)C2=C(C)N(c3ccccc3C)C(c3ccccc3)N2c2ccccc21. The number of hydrogen-bond acceptors (Lipinski definition) is 2. The Labute approximate surface area is 162 Å². The molecule has 0 spiro atoms. The van der Waals surface area contributed by atoms with Gasteiger partial charge in [-0.05, 0) is 42.7 Å². The molecule has 0 aromatic heterocycles. The summed E-state index contributed by atoms with van der Waals surface area (Å²) in [4.78, 5) is 4.78. The van der Waals surface area contributed by atoms with E-state index < -0.39 is 5.89 Å². The molecule has 0 radical (unpaired) electrons. The van der Waals surface area contributed by atoms with Crippen LogP contribution in [0.5, 0.6) is 0 Å². The van der Waals surface area contributed by atoms with Gasteiger partial charge in [0.05, 0.1) is 0 Å². The summed E-state index contributed by atoms with van der Waals surface area (Å²) in [6.45, 7) is 6.34. The Morgan fingerprint density at radius 3 is 2.11 bits per heavy atom. The highest BCUT2D eigenvalue weighted by molar-refractivity contribution is 5.77. The number of benzene rings is 3. The fourth-order valence-corrected chi connectivity index (χ4v) is 4.61. The van der Waals surface area contributed by atoms with Gasteiger partial charge in [-0.2, -0.15) is 0 Å². The minimum atomic E-state index is -0.773. The van der Waals surface area contributed by atoms with Crippen LogP contribution in [0.25, 0.3) is 0 Å². The maximum Gasteiger partial charge on any atom is 0.136 e. The molecule has 0 aliphatic carbocycles. The zero-order valence-corrected chi connectivity index (χ0v) is 16.0. The third-order valence-corrected chi connectivity index (χ3v) is 5.83. The first-order chi connectivity index (χ1) is 13.5. The second-order valence-corrected chi connectivity index (χ2v) is 7.39. The van der Waals surface area contributed by atoms with Gasteiger partial charge < -0.3 is 9.80 Å². The number of nitrogens with zero attached hydrogens (tertiary/aromatic N) is 2. The van der Waals surface area contributed by atoms with Gasteiger partial charge in [0.25, 0.3) is 0 Å². The Kier molecular flexibility index (Phi) is 3.37. The predicted molar refractivity (Wildman–Crippen MR) is 113 cm³/mol. The van der Waals surface area contributed by atoms with Crippen molar-refractivity contribution in [2.24, 2.45) is 0 Å². The van der Waals surface area contributed by atoms with Gasteiger partial charge in [-0.25, -0.2) is 0 Å². The van der Waals surface area contributed by atoms with Crippen LogP contribution in [0.15, 0.2) is 90.3 Å². The Morgan fingerprint density at radius 2 is 1.37 bits per heavy atom. The summed E-state index contributed by atoms with van der Waals surface area (Å²) in [5.41, 5.74) is 8.11. The molecule has 0 amide bonds. The summed E-state index contributed by atoms with van der Waals surface area (Å²) in [5.74, 6) is -0.773. The summed E-state index contributed by atoms with van der Waals surface area (Å²) in [6, 6.07) is 27.5. The number of hydrogen-bond donors (Lipinski definition) is 0. The molecule has 2 atom stereocenters. The Bertz CT molecular complexity index is 1080. The molecule has 0 bridgehead atoms. The number of anilines is 2. The number of fused-ring (bicyclic) bond motifs is 3. The van der Waals surface area contributed by atoms with Crippen LogP contribution >= 0.6 is 0 Å². The maximum atomic E-state index is 9.26. The summed E-state index contributed by atoms with van der Waals surface area (Å²) in [5, 5.41) is 0. The van der Waals surface area contributed by atoms with Gasteiger partial charge in [-0.15, -0.1) is 0 Å². The predicted octanol–water partition coefficient (Wildman–Crippen LogP) is 6.37. The molecule has 0 saturated heterocycles. The van der Waals surface area contributed by atoms with Crippen LogP contribution in [0.2, 0.25) is 0 Å². The molecule has 27 heavy (non-hydrogen) atoms. The molecule has 0 N–H and O–H groups in total. The molecule has 3 aromatic carbocycles. The largest absolute Gasteiger partial charge is 0.318 e. The normalized spacial score (nSPS) is 24.1. The van der Waals surface area contributed by atoms with E-state index in [0.29, 0.717) is 0 Å². The second kappa shape index (κ2) is 6.02. The lowest BCUT2D eigenvalue weighted by Gasteiger charge is -2.35. The number of para-hydroxylation sites is 2. The standard InChI is InChI=1S/C25H24N2/c1-17-11-7-9-15-22(17)26-19(3)24-18(2)21-14-8-10-16-23(21)27(24)25(26)20-12-5-4-6-13-20/h4-16,18,25H,1-3H3/i18D. The van der Waals surface area contributed by atoms with Crippen LogP contribution in [-0.2, 0) is 0 Å². The molecule has 2 heterocycles. The summed E-state index contributed by atoms with van der Waals surface area (Å²) < 4.78 is 9.26. The van der Waals surface area contributed by atoms with Crippen LogP contribution < -0.4 is 9.80 Å². The molecular formula is C25H24N2. The van der Waals surface area contributed by atoms with Crippen LogP contribution in [-0.4, -0.2) is 0 Å². The first-order valence-corrected chi connectivity index (χ1v) is 9.51. The third kappa shape index (κ3) is 2.26. The van der Waals surface area contributed by atoms with Crippen LogP contribution in [0.4, 0.5) is 11.4 Å². The van der Waals surface area contributed by atoms with Gasteiger partial charge in [0.15, 0.2) is 0 Å². The van der Waals surface area contributed by atoms with Crippen molar-refractivity contribution in [1.29, 1.82) is 0 Å². The van der Waals surface area contributed by atoms with E-state index in [2.05, 4.69) is 96.4 Å². The van der Waals surface area contributed by atoms with Crippen LogP contribution in [0.3, 0.4) is 0 Å². The quantitative estimate of drug-likeness (QED) is 0.528. The molecule has 134 valence electrons. The zero-order valence-electron chi connectivity index (χ0n) is 17.0. The van der Waals surface area contributed by atoms with Crippen molar-refractivity contribution in [3.63, 3.8) is 0 Å². The van der Waals surface area contributed by atoms with E-state index in [0.717, 1.165) is 22.6 Å². The number of rotatable bonds is 2. The minimum Gasteiger partial charge on any atom is -0.318 e. The molecular weight excluding hydrogens is 328 g/mol. The minimum absolute atomic E-state index is 0.00521. The van der Waals surface area contributed by atoms with Crippen molar-refractivity contribution in [2.45, 2.75) is 32.8 Å². The molecule has 5 rings (SSSR count). The fraction of sp³-hybridized carbons (Fsp3) is 0.200. The molecule has 0 fully saturated rings. The smallest absolute Gasteiger partial charge is 0.136 e.